The van der Waals surface area contributed by atoms with Crippen molar-refractivity contribution in [1.82, 2.24) is 9.97 Å². The Balaban J connectivity index is 1.27. The molecule has 4 aromatic rings. The second-order valence-corrected chi connectivity index (χ2v) is 7.84. The van der Waals surface area contributed by atoms with Gasteiger partial charge in [0.15, 0.2) is 5.16 Å². The molecular weight excluding hydrogens is 366 g/mol. The molecule has 2 heterocycles. The topological polar surface area (TPSA) is 49.0 Å². The number of rotatable bonds is 4. The van der Waals surface area contributed by atoms with Crippen LogP contribution in [0.1, 0.15) is 21.5 Å². The first-order valence-corrected chi connectivity index (χ1v) is 10.3. The number of benzene rings is 3. The number of anilines is 1. The number of para-hydroxylation sites is 3. The molecule has 0 spiro atoms. The first-order chi connectivity index (χ1) is 13.8. The summed E-state index contributed by atoms with van der Waals surface area (Å²) in [6.07, 6.45) is 0.925. The van der Waals surface area contributed by atoms with Crippen molar-refractivity contribution in [3.63, 3.8) is 0 Å². The van der Waals surface area contributed by atoms with Gasteiger partial charge in [0.05, 0.1) is 11.0 Å². The van der Waals surface area contributed by atoms with Gasteiger partial charge in [-0.05, 0) is 47.9 Å². The number of hydrogen-bond donors (Lipinski definition) is 1. The van der Waals surface area contributed by atoms with Gasteiger partial charge in [-0.15, -0.1) is 0 Å². The van der Waals surface area contributed by atoms with Crippen LogP contribution in [-0.2, 0) is 12.2 Å². The Morgan fingerprint density at radius 3 is 2.64 bits per heavy atom. The standard InChI is InChI=1S/C23H19N3OS/c27-22(26-14-13-17-5-1-4-8-21(17)26)18-11-9-16(10-12-18)15-28-23-24-19-6-2-3-7-20(19)25-23/h1-12H,13-15H2,(H,24,25). The fourth-order valence-corrected chi connectivity index (χ4v) is 4.44. The molecule has 138 valence electrons. The van der Waals surface area contributed by atoms with Gasteiger partial charge in [-0.1, -0.05) is 54.2 Å². The molecule has 1 aromatic heterocycles. The van der Waals surface area contributed by atoms with Crippen molar-refractivity contribution in [3.05, 3.63) is 89.5 Å². The summed E-state index contributed by atoms with van der Waals surface area (Å²) in [7, 11) is 0. The van der Waals surface area contributed by atoms with E-state index < -0.39 is 0 Å². The number of carbonyl (C=O) groups is 1. The molecule has 1 N–H and O–H groups in total. The van der Waals surface area contributed by atoms with Crippen LogP contribution < -0.4 is 4.90 Å². The maximum Gasteiger partial charge on any atom is 0.258 e. The summed E-state index contributed by atoms with van der Waals surface area (Å²) < 4.78 is 0. The highest BCUT2D eigenvalue weighted by atomic mass is 32.2. The van der Waals surface area contributed by atoms with E-state index in [1.165, 1.54) is 11.1 Å². The molecule has 1 aliphatic rings. The molecule has 0 bridgehead atoms. The van der Waals surface area contributed by atoms with E-state index in [1.54, 1.807) is 11.8 Å². The van der Waals surface area contributed by atoms with Crippen molar-refractivity contribution < 1.29 is 4.79 Å². The van der Waals surface area contributed by atoms with Crippen LogP contribution in [0.2, 0.25) is 0 Å². The molecule has 0 radical (unpaired) electrons. The van der Waals surface area contributed by atoms with Crippen molar-refractivity contribution >= 4 is 34.4 Å². The van der Waals surface area contributed by atoms with E-state index in [1.807, 2.05) is 71.6 Å². The fraction of sp³-hybridized carbons (Fsp3) is 0.130. The van der Waals surface area contributed by atoms with Gasteiger partial charge in [-0.25, -0.2) is 4.98 Å². The zero-order valence-electron chi connectivity index (χ0n) is 15.3. The molecule has 3 aromatic carbocycles. The van der Waals surface area contributed by atoms with Crippen LogP contribution in [-0.4, -0.2) is 22.4 Å². The molecule has 0 unspecified atom stereocenters. The minimum absolute atomic E-state index is 0.0708. The van der Waals surface area contributed by atoms with E-state index in [4.69, 9.17) is 0 Å². The number of amides is 1. The largest absolute Gasteiger partial charge is 0.333 e. The van der Waals surface area contributed by atoms with Crippen LogP contribution in [0.5, 0.6) is 0 Å². The number of thioether (sulfide) groups is 1. The number of carbonyl (C=O) groups excluding carboxylic acids is 1. The Morgan fingerprint density at radius 2 is 1.79 bits per heavy atom. The highest BCUT2D eigenvalue weighted by molar-refractivity contribution is 7.98. The van der Waals surface area contributed by atoms with E-state index in [0.717, 1.165) is 46.2 Å². The molecular formula is C23H19N3OS. The van der Waals surface area contributed by atoms with E-state index in [9.17, 15) is 4.79 Å². The average molecular weight is 385 g/mol. The van der Waals surface area contributed by atoms with Crippen molar-refractivity contribution in [2.24, 2.45) is 0 Å². The second kappa shape index (κ2) is 7.17. The van der Waals surface area contributed by atoms with Crippen molar-refractivity contribution in [3.8, 4) is 0 Å². The first kappa shape index (κ1) is 17.1. The Hall–Kier alpha value is -3.05. The zero-order valence-corrected chi connectivity index (χ0v) is 16.1. The number of imidazole rings is 1. The maximum atomic E-state index is 12.9. The summed E-state index contributed by atoms with van der Waals surface area (Å²) in [6, 6.07) is 24.1. The highest BCUT2D eigenvalue weighted by Crippen LogP contribution is 2.29. The lowest BCUT2D eigenvalue weighted by Crippen LogP contribution is -2.28. The van der Waals surface area contributed by atoms with Crippen LogP contribution in [0.25, 0.3) is 11.0 Å². The summed E-state index contributed by atoms with van der Waals surface area (Å²) in [5.41, 5.74) is 6.22. The van der Waals surface area contributed by atoms with Gasteiger partial charge in [0.2, 0.25) is 0 Å². The maximum absolute atomic E-state index is 12.9. The van der Waals surface area contributed by atoms with Crippen LogP contribution in [0.15, 0.2) is 78.0 Å². The number of H-pyrrole nitrogens is 1. The first-order valence-electron chi connectivity index (χ1n) is 9.34. The van der Waals surface area contributed by atoms with Crippen molar-refractivity contribution in [2.75, 3.05) is 11.4 Å². The van der Waals surface area contributed by atoms with Crippen LogP contribution in [0.4, 0.5) is 5.69 Å². The Kier molecular flexibility index (Phi) is 4.37. The Bertz CT molecular complexity index is 1120. The summed E-state index contributed by atoms with van der Waals surface area (Å²) in [4.78, 5) is 22.7. The lowest BCUT2D eigenvalue weighted by molar-refractivity contribution is 0.0989. The summed E-state index contributed by atoms with van der Waals surface area (Å²) in [5, 5.41) is 0.912. The summed E-state index contributed by atoms with van der Waals surface area (Å²) in [6.45, 7) is 0.752. The lowest BCUT2D eigenvalue weighted by Gasteiger charge is -2.17. The molecule has 0 fully saturated rings. The molecule has 0 saturated heterocycles. The minimum Gasteiger partial charge on any atom is -0.333 e. The fourth-order valence-electron chi connectivity index (χ4n) is 3.60. The Morgan fingerprint density at radius 1 is 1.00 bits per heavy atom. The normalized spacial score (nSPS) is 13.1. The van der Waals surface area contributed by atoms with Gasteiger partial charge < -0.3 is 9.88 Å². The lowest BCUT2D eigenvalue weighted by atomic mass is 10.1. The van der Waals surface area contributed by atoms with Crippen molar-refractivity contribution in [1.29, 1.82) is 0 Å². The number of nitrogens with one attached hydrogen (secondary N) is 1. The molecule has 5 heteroatoms. The third-order valence-electron chi connectivity index (χ3n) is 5.08. The quantitative estimate of drug-likeness (QED) is 0.500. The van der Waals surface area contributed by atoms with Gasteiger partial charge in [0.25, 0.3) is 5.91 Å². The molecule has 5 rings (SSSR count). The number of nitrogens with zero attached hydrogens (tertiary/aromatic N) is 2. The smallest absolute Gasteiger partial charge is 0.258 e. The molecule has 1 aliphatic heterocycles. The predicted octanol–water partition coefficient (Wildman–Crippen LogP) is 5.06. The molecule has 0 aliphatic carbocycles. The average Bonchev–Trinajstić information content (AvgIpc) is 3.36. The van der Waals surface area contributed by atoms with Gasteiger partial charge >= 0.3 is 0 Å². The van der Waals surface area contributed by atoms with E-state index in [0.29, 0.717) is 0 Å². The van der Waals surface area contributed by atoms with Gasteiger partial charge in [0, 0.05) is 23.5 Å². The number of aromatic nitrogens is 2. The number of aromatic amines is 1. The third-order valence-corrected chi connectivity index (χ3v) is 6.02. The van der Waals surface area contributed by atoms with Gasteiger partial charge in [-0.2, -0.15) is 0 Å². The summed E-state index contributed by atoms with van der Waals surface area (Å²) in [5.74, 6) is 0.877. The monoisotopic (exact) mass is 385 g/mol. The highest BCUT2D eigenvalue weighted by Gasteiger charge is 2.24. The van der Waals surface area contributed by atoms with Crippen LogP contribution in [0.3, 0.4) is 0 Å². The summed E-state index contributed by atoms with van der Waals surface area (Å²) >= 11 is 1.67. The number of fused-ring (bicyclic) bond motifs is 2. The van der Waals surface area contributed by atoms with Crippen LogP contribution >= 0.6 is 11.8 Å². The number of hydrogen-bond acceptors (Lipinski definition) is 3. The van der Waals surface area contributed by atoms with Crippen molar-refractivity contribution in [2.45, 2.75) is 17.3 Å². The molecule has 28 heavy (non-hydrogen) atoms. The van der Waals surface area contributed by atoms with E-state index >= 15 is 0 Å². The molecule has 1 amide bonds. The second-order valence-electron chi connectivity index (χ2n) is 6.88. The predicted molar refractivity (Wildman–Crippen MR) is 114 cm³/mol. The van der Waals surface area contributed by atoms with Gasteiger partial charge in [-0.3, -0.25) is 4.79 Å². The van der Waals surface area contributed by atoms with E-state index in [-0.39, 0.29) is 5.91 Å². The van der Waals surface area contributed by atoms with Gasteiger partial charge in [0.1, 0.15) is 0 Å². The van der Waals surface area contributed by atoms with E-state index in [2.05, 4.69) is 16.0 Å². The zero-order chi connectivity index (χ0) is 18.9. The third kappa shape index (κ3) is 3.18. The Labute approximate surface area is 167 Å². The molecule has 4 nitrogen and oxygen atoms in total. The SMILES string of the molecule is O=C(c1ccc(CSc2nc3ccccc3[nH]2)cc1)N1CCc2ccccc21. The molecule has 0 atom stereocenters. The molecule has 0 saturated carbocycles. The van der Waals surface area contributed by atoms with Crippen LogP contribution in [0, 0.1) is 0 Å². The minimum atomic E-state index is 0.0708.